The average Bonchev–Trinajstić information content (AvgIpc) is 2.63. The number of benzene rings is 2. The van der Waals surface area contributed by atoms with E-state index in [1.54, 1.807) is 37.3 Å². The van der Waals surface area contributed by atoms with Crippen LogP contribution in [0.5, 0.6) is 0 Å². The molecule has 0 saturated carbocycles. The zero-order chi connectivity index (χ0) is 19.3. The molecule has 1 amide bonds. The van der Waals surface area contributed by atoms with Crippen molar-refractivity contribution in [1.82, 2.24) is 4.90 Å². The molecule has 4 nitrogen and oxygen atoms in total. The van der Waals surface area contributed by atoms with E-state index in [2.05, 4.69) is 0 Å². The minimum atomic E-state index is -2.09. The lowest BCUT2D eigenvalue weighted by Crippen LogP contribution is -2.36. The predicted molar refractivity (Wildman–Crippen MR) is 84.1 cm³/mol. The number of esters is 1. The van der Waals surface area contributed by atoms with Crippen molar-refractivity contribution < 1.29 is 31.9 Å². The van der Waals surface area contributed by atoms with E-state index in [1.807, 2.05) is 0 Å². The summed E-state index contributed by atoms with van der Waals surface area (Å²) in [7, 11) is 0. The Morgan fingerprint density at radius 3 is 2.27 bits per heavy atom. The summed E-state index contributed by atoms with van der Waals surface area (Å²) in [6.45, 7) is 0.909. The standard InChI is InChI=1S/C18H15F4NO3/c1-2-26-14(24)10-23(9-11-6-4-3-5-7-11)18(25)12-8-13(19)16(21)17(22)15(12)20/h3-8H,2,9-10H2,1H3. The maximum Gasteiger partial charge on any atom is 0.325 e. The molecule has 0 bridgehead atoms. The van der Waals surface area contributed by atoms with Gasteiger partial charge in [0.15, 0.2) is 23.3 Å². The molecule has 138 valence electrons. The summed E-state index contributed by atoms with van der Waals surface area (Å²) in [6.07, 6.45) is 0. The minimum absolute atomic E-state index is 0.0559. The molecule has 0 heterocycles. The van der Waals surface area contributed by atoms with Crippen molar-refractivity contribution in [3.8, 4) is 0 Å². The molecule has 0 spiro atoms. The van der Waals surface area contributed by atoms with Crippen molar-refractivity contribution >= 4 is 11.9 Å². The lowest BCUT2D eigenvalue weighted by atomic mass is 10.1. The van der Waals surface area contributed by atoms with Crippen molar-refractivity contribution in [2.45, 2.75) is 13.5 Å². The molecule has 0 aliphatic rings. The van der Waals surface area contributed by atoms with Crippen LogP contribution in [0, 0.1) is 23.3 Å². The van der Waals surface area contributed by atoms with Gasteiger partial charge in [0.2, 0.25) is 0 Å². The van der Waals surface area contributed by atoms with E-state index in [4.69, 9.17) is 4.74 Å². The predicted octanol–water partition coefficient (Wildman–Crippen LogP) is 3.45. The molecule has 2 rings (SSSR count). The Kier molecular flexibility index (Phi) is 6.32. The summed E-state index contributed by atoms with van der Waals surface area (Å²) < 4.78 is 58.6. The van der Waals surface area contributed by atoms with Crippen LogP contribution in [-0.4, -0.2) is 29.9 Å². The second kappa shape index (κ2) is 8.46. The first-order chi connectivity index (χ1) is 12.3. The van der Waals surface area contributed by atoms with Crippen LogP contribution in [0.15, 0.2) is 36.4 Å². The Balaban J connectivity index is 2.38. The van der Waals surface area contributed by atoms with Gasteiger partial charge in [-0.3, -0.25) is 9.59 Å². The maximum atomic E-state index is 13.9. The van der Waals surface area contributed by atoms with Crippen LogP contribution in [0.3, 0.4) is 0 Å². The highest BCUT2D eigenvalue weighted by molar-refractivity contribution is 5.96. The first-order valence-electron chi connectivity index (χ1n) is 7.67. The molecule has 2 aromatic rings. The fraction of sp³-hybridized carbons (Fsp3) is 0.222. The van der Waals surface area contributed by atoms with E-state index in [-0.39, 0.29) is 19.2 Å². The van der Waals surface area contributed by atoms with Gasteiger partial charge in [-0.05, 0) is 18.6 Å². The highest BCUT2D eigenvalue weighted by Gasteiger charge is 2.27. The molecule has 2 aromatic carbocycles. The number of halogens is 4. The normalized spacial score (nSPS) is 10.5. The second-order valence-corrected chi connectivity index (χ2v) is 5.30. The molecule has 0 fully saturated rings. The third-order valence-corrected chi connectivity index (χ3v) is 3.46. The number of hydrogen-bond acceptors (Lipinski definition) is 3. The summed E-state index contributed by atoms with van der Waals surface area (Å²) in [5.41, 5.74) is -0.421. The Labute approximate surface area is 147 Å². The van der Waals surface area contributed by atoms with Crippen molar-refractivity contribution in [1.29, 1.82) is 0 Å². The van der Waals surface area contributed by atoms with Crippen LogP contribution < -0.4 is 0 Å². The van der Waals surface area contributed by atoms with E-state index in [0.29, 0.717) is 5.56 Å². The molecule has 8 heteroatoms. The van der Waals surface area contributed by atoms with E-state index < -0.39 is 47.3 Å². The van der Waals surface area contributed by atoms with Gasteiger partial charge in [-0.2, -0.15) is 0 Å². The van der Waals surface area contributed by atoms with E-state index >= 15 is 0 Å². The van der Waals surface area contributed by atoms with Gasteiger partial charge >= 0.3 is 5.97 Å². The number of hydrogen-bond donors (Lipinski definition) is 0. The zero-order valence-corrected chi connectivity index (χ0v) is 13.8. The first kappa shape index (κ1) is 19.4. The number of amides is 1. The number of carbonyl (C=O) groups is 2. The molecule has 0 unspecified atom stereocenters. The van der Waals surface area contributed by atoms with E-state index in [0.717, 1.165) is 4.90 Å². The fourth-order valence-electron chi connectivity index (χ4n) is 2.26. The molecule has 0 radical (unpaired) electrons. The zero-order valence-electron chi connectivity index (χ0n) is 13.8. The van der Waals surface area contributed by atoms with Crippen molar-refractivity contribution in [3.63, 3.8) is 0 Å². The van der Waals surface area contributed by atoms with Crippen LogP contribution in [0.1, 0.15) is 22.8 Å². The van der Waals surface area contributed by atoms with Crippen LogP contribution in [0.2, 0.25) is 0 Å². The van der Waals surface area contributed by atoms with Crippen molar-refractivity contribution in [3.05, 3.63) is 70.8 Å². The molecule has 0 saturated heterocycles. The minimum Gasteiger partial charge on any atom is -0.465 e. The van der Waals surface area contributed by atoms with Gasteiger partial charge in [0.1, 0.15) is 6.54 Å². The summed E-state index contributed by atoms with van der Waals surface area (Å²) in [4.78, 5) is 25.1. The maximum absolute atomic E-state index is 13.9. The molecular weight excluding hydrogens is 354 g/mol. The SMILES string of the molecule is CCOC(=O)CN(Cc1ccccc1)C(=O)c1cc(F)c(F)c(F)c1F. The topological polar surface area (TPSA) is 46.6 Å². The lowest BCUT2D eigenvalue weighted by Gasteiger charge is -2.22. The van der Waals surface area contributed by atoms with Crippen LogP contribution in [-0.2, 0) is 16.1 Å². The summed E-state index contributed by atoms with van der Waals surface area (Å²) in [5.74, 6) is -9.58. The lowest BCUT2D eigenvalue weighted by molar-refractivity contribution is -0.143. The third kappa shape index (κ3) is 4.38. The molecule has 0 N–H and O–H groups in total. The molecule has 0 aliphatic heterocycles. The van der Waals surface area contributed by atoms with Crippen LogP contribution >= 0.6 is 0 Å². The number of nitrogens with zero attached hydrogens (tertiary/aromatic N) is 1. The van der Waals surface area contributed by atoms with Crippen molar-refractivity contribution in [2.24, 2.45) is 0 Å². The van der Waals surface area contributed by atoms with Gasteiger partial charge in [0.25, 0.3) is 5.91 Å². The summed E-state index contributed by atoms with van der Waals surface area (Å²) in [6, 6.07) is 8.65. The molecular formula is C18H15F4NO3. The van der Waals surface area contributed by atoms with Crippen LogP contribution in [0.25, 0.3) is 0 Å². The quantitative estimate of drug-likeness (QED) is 0.339. The van der Waals surface area contributed by atoms with Gasteiger partial charge in [0, 0.05) is 6.54 Å². The fourth-order valence-corrected chi connectivity index (χ4v) is 2.26. The van der Waals surface area contributed by atoms with E-state index in [1.165, 1.54) is 0 Å². The van der Waals surface area contributed by atoms with E-state index in [9.17, 15) is 27.2 Å². The van der Waals surface area contributed by atoms with Gasteiger partial charge in [-0.15, -0.1) is 0 Å². The Morgan fingerprint density at radius 2 is 1.65 bits per heavy atom. The van der Waals surface area contributed by atoms with Gasteiger partial charge in [-0.25, -0.2) is 17.6 Å². The Bertz CT molecular complexity index is 812. The summed E-state index contributed by atoms with van der Waals surface area (Å²) >= 11 is 0. The highest BCUT2D eigenvalue weighted by Crippen LogP contribution is 2.21. The average molecular weight is 369 g/mol. The Hall–Kier alpha value is -2.90. The first-order valence-corrected chi connectivity index (χ1v) is 7.67. The summed E-state index contributed by atoms with van der Waals surface area (Å²) in [5, 5.41) is 0. The number of ether oxygens (including phenoxy) is 1. The monoisotopic (exact) mass is 369 g/mol. The second-order valence-electron chi connectivity index (χ2n) is 5.30. The molecule has 0 atom stereocenters. The van der Waals surface area contributed by atoms with Gasteiger partial charge in [-0.1, -0.05) is 30.3 Å². The molecule has 0 aromatic heterocycles. The van der Waals surface area contributed by atoms with Crippen molar-refractivity contribution in [2.75, 3.05) is 13.2 Å². The Morgan fingerprint density at radius 1 is 1.00 bits per heavy atom. The third-order valence-electron chi connectivity index (χ3n) is 3.46. The van der Waals surface area contributed by atoms with Gasteiger partial charge < -0.3 is 9.64 Å². The number of carbonyl (C=O) groups excluding carboxylic acids is 2. The van der Waals surface area contributed by atoms with Gasteiger partial charge in [0.05, 0.1) is 12.2 Å². The number of rotatable bonds is 6. The largest absolute Gasteiger partial charge is 0.465 e. The smallest absolute Gasteiger partial charge is 0.325 e. The highest BCUT2D eigenvalue weighted by atomic mass is 19.2. The molecule has 0 aliphatic carbocycles. The van der Waals surface area contributed by atoms with Crippen LogP contribution in [0.4, 0.5) is 17.6 Å². The molecule has 26 heavy (non-hydrogen) atoms.